The smallest absolute Gasteiger partial charge is 0.228 e. The van der Waals surface area contributed by atoms with Gasteiger partial charge < -0.3 is 25.2 Å². The quantitative estimate of drug-likeness (QED) is 0.711. The van der Waals surface area contributed by atoms with Gasteiger partial charge in [0, 0.05) is 18.3 Å². The summed E-state index contributed by atoms with van der Waals surface area (Å²) in [6.45, 7) is 1.70. The molecule has 1 aliphatic heterocycles. The maximum atomic E-state index is 12.0. The number of benzene rings is 1. The molecule has 1 aromatic rings. The van der Waals surface area contributed by atoms with E-state index in [1.165, 1.54) is 0 Å². The number of carbonyl (C=O) groups excluding carboxylic acids is 1. The molecule has 110 valence electrons. The molecule has 1 aliphatic rings. The lowest BCUT2D eigenvalue weighted by atomic mass is 10.1. The third-order valence-electron chi connectivity index (χ3n) is 3.21. The number of rotatable bonds is 6. The normalized spacial score (nSPS) is 17.8. The van der Waals surface area contributed by atoms with Crippen molar-refractivity contribution in [2.45, 2.75) is 6.42 Å². The Bertz CT molecular complexity index is 458. The predicted octanol–water partition coefficient (Wildman–Crippen LogP) is 0.614. The SMILES string of the molecule is COc1ccc(NC(=O)C2CCNC2)cc1OCCO. The first kappa shape index (κ1) is 14.6. The second kappa shape index (κ2) is 7.12. The first-order valence-corrected chi connectivity index (χ1v) is 6.68. The zero-order valence-electron chi connectivity index (χ0n) is 11.5. The van der Waals surface area contributed by atoms with Crippen molar-refractivity contribution in [2.75, 3.05) is 38.7 Å². The first-order valence-electron chi connectivity index (χ1n) is 6.68. The van der Waals surface area contributed by atoms with Crippen molar-refractivity contribution in [3.63, 3.8) is 0 Å². The largest absolute Gasteiger partial charge is 0.493 e. The van der Waals surface area contributed by atoms with E-state index in [0.29, 0.717) is 17.2 Å². The summed E-state index contributed by atoms with van der Waals surface area (Å²) < 4.78 is 10.6. The minimum Gasteiger partial charge on any atom is -0.493 e. The molecule has 1 heterocycles. The van der Waals surface area contributed by atoms with Gasteiger partial charge >= 0.3 is 0 Å². The van der Waals surface area contributed by atoms with Crippen LogP contribution in [-0.4, -0.2) is 44.4 Å². The van der Waals surface area contributed by atoms with Gasteiger partial charge in [0.1, 0.15) is 6.61 Å². The van der Waals surface area contributed by atoms with Gasteiger partial charge in [-0.2, -0.15) is 0 Å². The fraction of sp³-hybridized carbons (Fsp3) is 0.500. The average Bonchev–Trinajstić information content (AvgIpc) is 2.99. The monoisotopic (exact) mass is 280 g/mol. The molecule has 1 saturated heterocycles. The number of hydrogen-bond donors (Lipinski definition) is 3. The molecule has 0 radical (unpaired) electrons. The molecule has 1 aromatic carbocycles. The van der Waals surface area contributed by atoms with Crippen LogP contribution in [0, 0.1) is 5.92 Å². The summed E-state index contributed by atoms with van der Waals surface area (Å²) in [5.41, 5.74) is 0.663. The highest BCUT2D eigenvalue weighted by Gasteiger charge is 2.22. The Morgan fingerprint density at radius 3 is 3.00 bits per heavy atom. The molecule has 1 amide bonds. The molecule has 6 nitrogen and oxygen atoms in total. The Morgan fingerprint density at radius 1 is 1.50 bits per heavy atom. The lowest BCUT2D eigenvalue weighted by Gasteiger charge is -2.14. The zero-order valence-corrected chi connectivity index (χ0v) is 11.5. The van der Waals surface area contributed by atoms with Gasteiger partial charge in [-0.3, -0.25) is 4.79 Å². The average molecular weight is 280 g/mol. The topological polar surface area (TPSA) is 79.8 Å². The molecule has 0 aliphatic carbocycles. The number of aliphatic hydroxyl groups excluding tert-OH is 1. The molecule has 1 unspecified atom stereocenters. The third-order valence-corrected chi connectivity index (χ3v) is 3.21. The van der Waals surface area contributed by atoms with Crippen LogP contribution in [0.4, 0.5) is 5.69 Å². The number of amides is 1. The van der Waals surface area contributed by atoms with E-state index >= 15 is 0 Å². The van der Waals surface area contributed by atoms with Crippen LogP contribution >= 0.6 is 0 Å². The Labute approximate surface area is 118 Å². The van der Waals surface area contributed by atoms with Gasteiger partial charge in [0.25, 0.3) is 0 Å². The van der Waals surface area contributed by atoms with E-state index in [1.54, 1.807) is 25.3 Å². The van der Waals surface area contributed by atoms with Crippen molar-refractivity contribution in [1.29, 1.82) is 0 Å². The van der Waals surface area contributed by atoms with Crippen LogP contribution < -0.4 is 20.1 Å². The number of ether oxygens (including phenoxy) is 2. The maximum absolute atomic E-state index is 12.0. The van der Waals surface area contributed by atoms with E-state index in [-0.39, 0.29) is 25.0 Å². The number of methoxy groups -OCH3 is 1. The summed E-state index contributed by atoms with van der Waals surface area (Å²) in [6.07, 6.45) is 0.857. The van der Waals surface area contributed by atoms with Gasteiger partial charge in [-0.05, 0) is 25.1 Å². The van der Waals surface area contributed by atoms with E-state index in [4.69, 9.17) is 14.6 Å². The third kappa shape index (κ3) is 3.61. The highest BCUT2D eigenvalue weighted by Crippen LogP contribution is 2.30. The standard InChI is InChI=1S/C14H20N2O4/c1-19-12-3-2-11(8-13(12)20-7-6-17)16-14(18)10-4-5-15-9-10/h2-3,8,10,15,17H,4-7,9H2,1H3,(H,16,18). The summed E-state index contributed by atoms with van der Waals surface area (Å²) >= 11 is 0. The number of anilines is 1. The molecule has 0 aromatic heterocycles. The Hall–Kier alpha value is -1.79. The summed E-state index contributed by atoms with van der Waals surface area (Å²) in [5.74, 6) is 1.09. The van der Waals surface area contributed by atoms with E-state index in [1.807, 2.05) is 0 Å². The lowest BCUT2D eigenvalue weighted by Crippen LogP contribution is -2.24. The fourth-order valence-electron chi connectivity index (χ4n) is 2.15. The minimum atomic E-state index is -0.0759. The van der Waals surface area contributed by atoms with Crippen molar-refractivity contribution >= 4 is 11.6 Å². The molecule has 1 fully saturated rings. The number of aliphatic hydroxyl groups is 1. The molecular formula is C14H20N2O4. The molecule has 0 bridgehead atoms. The predicted molar refractivity (Wildman–Crippen MR) is 75.2 cm³/mol. The molecular weight excluding hydrogens is 260 g/mol. The Balaban J connectivity index is 2.05. The van der Waals surface area contributed by atoms with E-state index in [2.05, 4.69) is 10.6 Å². The van der Waals surface area contributed by atoms with Crippen LogP contribution in [0.5, 0.6) is 11.5 Å². The maximum Gasteiger partial charge on any atom is 0.228 e. The zero-order chi connectivity index (χ0) is 14.4. The molecule has 20 heavy (non-hydrogen) atoms. The van der Waals surface area contributed by atoms with E-state index < -0.39 is 0 Å². The van der Waals surface area contributed by atoms with Gasteiger partial charge in [-0.25, -0.2) is 0 Å². The van der Waals surface area contributed by atoms with Crippen LogP contribution in [0.3, 0.4) is 0 Å². The van der Waals surface area contributed by atoms with Gasteiger partial charge in [0.05, 0.1) is 19.6 Å². The van der Waals surface area contributed by atoms with Gasteiger partial charge in [-0.15, -0.1) is 0 Å². The minimum absolute atomic E-state index is 0.00766. The molecule has 3 N–H and O–H groups in total. The summed E-state index contributed by atoms with van der Waals surface area (Å²) in [4.78, 5) is 12.0. The highest BCUT2D eigenvalue weighted by molar-refractivity contribution is 5.93. The number of nitrogens with one attached hydrogen (secondary N) is 2. The van der Waals surface area contributed by atoms with Crippen molar-refractivity contribution in [3.05, 3.63) is 18.2 Å². The molecule has 6 heteroatoms. The second-order valence-electron chi connectivity index (χ2n) is 4.62. The number of carbonyl (C=O) groups is 1. The Kier molecular flexibility index (Phi) is 5.20. The Morgan fingerprint density at radius 2 is 2.35 bits per heavy atom. The first-order chi connectivity index (χ1) is 9.74. The molecule has 1 atom stereocenters. The van der Waals surface area contributed by atoms with Gasteiger partial charge in [-0.1, -0.05) is 0 Å². The van der Waals surface area contributed by atoms with Crippen molar-refractivity contribution in [3.8, 4) is 11.5 Å². The summed E-state index contributed by atoms with van der Waals surface area (Å²) in [6, 6.07) is 5.20. The van der Waals surface area contributed by atoms with Gasteiger partial charge in [0.2, 0.25) is 5.91 Å². The van der Waals surface area contributed by atoms with Crippen LogP contribution in [-0.2, 0) is 4.79 Å². The lowest BCUT2D eigenvalue weighted by molar-refractivity contribution is -0.119. The van der Waals surface area contributed by atoms with Crippen molar-refractivity contribution in [2.24, 2.45) is 5.92 Å². The highest BCUT2D eigenvalue weighted by atomic mass is 16.5. The molecule has 0 spiro atoms. The molecule has 0 saturated carbocycles. The molecule has 2 rings (SSSR count). The summed E-state index contributed by atoms with van der Waals surface area (Å²) in [7, 11) is 1.55. The van der Waals surface area contributed by atoms with Crippen LogP contribution in [0.2, 0.25) is 0 Å². The van der Waals surface area contributed by atoms with Crippen LogP contribution in [0.25, 0.3) is 0 Å². The number of hydrogen-bond acceptors (Lipinski definition) is 5. The van der Waals surface area contributed by atoms with Crippen molar-refractivity contribution in [1.82, 2.24) is 5.32 Å². The fourth-order valence-corrected chi connectivity index (χ4v) is 2.15. The van der Waals surface area contributed by atoms with Gasteiger partial charge in [0.15, 0.2) is 11.5 Å². The van der Waals surface area contributed by atoms with Crippen LogP contribution in [0.1, 0.15) is 6.42 Å². The van der Waals surface area contributed by atoms with Crippen molar-refractivity contribution < 1.29 is 19.4 Å². The summed E-state index contributed by atoms with van der Waals surface area (Å²) in [5, 5.41) is 14.8. The van der Waals surface area contributed by atoms with E-state index in [9.17, 15) is 4.79 Å². The van der Waals surface area contributed by atoms with E-state index in [0.717, 1.165) is 19.5 Å². The second-order valence-corrected chi connectivity index (χ2v) is 4.62. The van der Waals surface area contributed by atoms with Crippen LogP contribution in [0.15, 0.2) is 18.2 Å².